The van der Waals surface area contributed by atoms with Gasteiger partial charge in [-0.15, -0.1) is 11.8 Å². The Labute approximate surface area is 113 Å². The predicted molar refractivity (Wildman–Crippen MR) is 80.3 cm³/mol. The zero-order valence-corrected chi connectivity index (χ0v) is 11.7. The first-order valence-electron chi connectivity index (χ1n) is 5.91. The van der Waals surface area contributed by atoms with Gasteiger partial charge in [-0.3, -0.25) is 4.79 Å². The van der Waals surface area contributed by atoms with Crippen LogP contribution < -0.4 is 0 Å². The summed E-state index contributed by atoms with van der Waals surface area (Å²) in [6.07, 6.45) is 10.1. The van der Waals surface area contributed by atoms with E-state index in [1.165, 1.54) is 0 Å². The van der Waals surface area contributed by atoms with E-state index >= 15 is 0 Å². The van der Waals surface area contributed by atoms with Crippen LogP contribution >= 0.6 is 11.8 Å². The Kier molecular flexibility index (Phi) is 6.23. The van der Waals surface area contributed by atoms with Crippen LogP contribution in [0.2, 0.25) is 0 Å². The van der Waals surface area contributed by atoms with Gasteiger partial charge in [-0.05, 0) is 36.9 Å². The van der Waals surface area contributed by atoms with Crippen molar-refractivity contribution >= 4 is 17.5 Å². The number of hydrogen-bond donors (Lipinski definition) is 0. The largest absolute Gasteiger partial charge is 0.289 e. The molecule has 0 bridgehead atoms. The minimum atomic E-state index is 0.0580. The van der Waals surface area contributed by atoms with Crippen molar-refractivity contribution in [3.63, 3.8) is 0 Å². The van der Waals surface area contributed by atoms with Crippen LogP contribution in [-0.4, -0.2) is 12.0 Å². The van der Waals surface area contributed by atoms with Gasteiger partial charge in [-0.1, -0.05) is 37.8 Å². The Morgan fingerprint density at radius 1 is 1.33 bits per heavy atom. The van der Waals surface area contributed by atoms with Crippen LogP contribution in [0.5, 0.6) is 0 Å². The first kappa shape index (κ1) is 14.5. The molecule has 0 saturated heterocycles. The van der Waals surface area contributed by atoms with E-state index in [-0.39, 0.29) is 5.78 Å². The average molecular weight is 258 g/mol. The average Bonchev–Trinajstić information content (AvgIpc) is 2.43. The highest BCUT2D eigenvalue weighted by atomic mass is 32.2. The number of thioether (sulfide) groups is 1. The zero-order valence-electron chi connectivity index (χ0n) is 10.8. The summed E-state index contributed by atoms with van der Waals surface area (Å²) >= 11 is 1.67. The maximum absolute atomic E-state index is 12.3. The van der Waals surface area contributed by atoms with Gasteiger partial charge in [0.2, 0.25) is 0 Å². The molecule has 2 heteroatoms. The van der Waals surface area contributed by atoms with Gasteiger partial charge in [0.15, 0.2) is 5.78 Å². The van der Waals surface area contributed by atoms with E-state index in [4.69, 9.17) is 0 Å². The van der Waals surface area contributed by atoms with Crippen LogP contribution in [0.25, 0.3) is 0 Å². The molecule has 0 aromatic heterocycles. The SMILES string of the molecule is C=C/C=C\C(=C/CC)C(=O)c1ccc(SC)cc1. The minimum absolute atomic E-state index is 0.0580. The zero-order chi connectivity index (χ0) is 13.4. The fourth-order valence-electron chi connectivity index (χ4n) is 1.54. The summed E-state index contributed by atoms with van der Waals surface area (Å²) in [7, 11) is 0. The Morgan fingerprint density at radius 3 is 2.50 bits per heavy atom. The number of benzene rings is 1. The summed E-state index contributed by atoms with van der Waals surface area (Å²) in [5.74, 6) is 0.0580. The lowest BCUT2D eigenvalue weighted by molar-refractivity contribution is 0.103. The standard InChI is InChI=1S/C16H18OS/c1-4-6-8-13(7-5-2)16(17)14-9-11-15(18-3)12-10-14/h4,6-12H,1,5H2,2-3H3/b8-6-,13-7+. The second kappa shape index (κ2) is 7.72. The quantitative estimate of drug-likeness (QED) is 0.319. The minimum Gasteiger partial charge on any atom is -0.289 e. The van der Waals surface area contributed by atoms with E-state index in [1.807, 2.05) is 43.5 Å². The molecule has 0 radical (unpaired) electrons. The predicted octanol–water partition coefficient (Wildman–Crippen LogP) is 4.67. The highest BCUT2D eigenvalue weighted by Crippen LogP contribution is 2.17. The van der Waals surface area contributed by atoms with Crippen molar-refractivity contribution in [1.82, 2.24) is 0 Å². The van der Waals surface area contributed by atoms with Gasteiger partial charge in [0.1, 0.15) is 0 Å². The highest BCUT2D eigenvalue weighted by molar-refractivity contribution is 7.98. The van der Waals surface area contributed by atoms with Crippen molar-refractivity contribution in [2.45, 2.75) is 18.2 Å². The Bertz CT molecular complexity index is 466. The Hall–Kier alpha value is -1.54. The molecule has 0 aliphatic heterocycles. The fraction of sp³-hybridized carbons (Fsp3) is 0.188. The number of rotatable bonds is 6. The van der Waals surface area contributed by atoms with Crippen molar-refractivity contribution in [2.24, 2.45) is 0 Å². The molecule has 94 valence electrons. The van der Waals surface area contributed by atoms with E-state index in [1.54, 1.807) is 30.0 Å². The molecular weight excluding hydrogens is 240 g/mol. The molecule has 0 spiro atoms. The van der Waals surface area contributed by atoms with Crippen LogP contribution in [0.15, 0.2) is 65.6 Å². The number of carbonyl (C=O) groups is 1. The van der Waals surface area contributed by atoms with E-state index in [0.29, 0.717) is 5.57 Å². The third-order valence-electron chi connectivity index (χ3n) is 2.45. The summed E-state index contributed by atoms with van der Waals surface area (Å²) in [6, 6.07) is 7.69. The molecule has 0 amide bonds. The van der Waals surface area contributed by atoms with Gasteiger partial charge >= 0.3 is 0 Å². The first-order valence-corrected chi connectivity index (χ1v) is 7.13. The number of Topliss-reactive ketones (excluding diaryl/α,β-unsaturated/α-hetero) is 1. The van der Waals surface area contributed by atoms with E-state index in [2.05, 4.69) is 6.58 Å². The molecule has 0 fully saturated rings. The fourth-order valence-corrected chi connectivity index (χ4v) is 1.95. The van der Waals surface area contributed by atoms with Crippen molar-refractivity contribution < 1.29 is 4.79 Å². The van der Waals surface area contributed by atoms with Crippen LogP contribution in [0.4, 0.5) is 0 Å². The number of carbonyl (C=O) groups excluding carboxylic acids is 1. The van der Waals surface area contributed by atoms with Gasteiger partial charge in [0.05, 0.1) is 0 Å². The maximum Gasteiger partial charge on any atom is 0.192 e. The lowest BCUT2D eigenvalue weighted by Crippen LogP contribution is -2.01. The number of hydrogen-bond acceptors (Lipinski definition) is 2. The summed E-state index contributed by atoms with van der Waals surface area (Å²) in [4.78, 5) is 13.4. The van der Waals surface area contributed by atoms with Gasteiger partial charge in [-0.25, -0.2) is 0 Å². The highest BCUT2D eigenvalue weighted by Gasteiger charge is 2.08. The van der Waals surface area contributed by atoms with Crippen LogP contribution in [-0.2, 0) is 0 Å². The topological polar surface area (TPSA) is 17.1 Å². The number of allylic oxidation sites excluding steroid dienone is 5. The molecule has 0 aliphatic carbocycles. The smallest absolute Gasteiger partial charge is 0.192 e. The third-order valence-corrected chi connectivity index (χ3v) is 3.19. The molecule has 1 rings (SSSR count). The van der Waals surface area contributed by atoms with E-state index in [0.717, 1.165) is 16.9 Å². The number of ketones is 1. The van der Waals surface area contributed by atoms with Crippen molar-refractivity contribution in [2.75, 3.05) is 6.26 Å². The Morgan fingerprint density at radius 2 is 2.00 bits per heavy atom. The first-order chi connectivity index (χ1) is 8.72. The summed E-state index contributed by atoms with van der Waals surface area (Å²) in [5, 5.41) is 0. The lowest BCUT2D eigenvalue weighted by atomic mass is 10.0. The summed E-state index contributed by atoms with van der Waals surface area (Å²) in [6.45, 7) is 5.64. The second-order valence-electron chi connectivity index (χ2n) is 3.72. The van der Waals surface area contributed by atoms with Crippen molar-refractivity contribution in [3.05, 3.63) is 66.3 Å². The molecule has 18 heavy (non-hydrogen) atoms. The second-order valence-corrected chi connectivity index (χ2v) is 4.60. The molecular formula is C16H18OS. The van der Waals surface area contributed by atoms with Crippen LogP contribution in [0.1, 0.15) is 23.7 Å². The monoisotopic (exact) mass is 258 g/mol. The molecule has 0 heterocycles. The van der Waals surface area contributed by atoms with Gasteiger partial charge in [0.25, 0.3) is 0 Å². The van der Waals surface area contributed by atoms with Crippen LogP contribution in [0.3, 0.4) is 0 Å². The van der Waals surface area contributed by atoms with Gasteiger partial charge in [-0.2, -0.15) is 0 Å². The molecule has 1 aromatic rings. The van der Waals surface area contributed by atoms with Crippen molar-refractivity contribution in [3.8, 4) is 0 Å². The molecule has 0 N–H and O–H groups in total. The molecule has 0 saturated carbocycles. The van der Waals surface area contributed by atoms with E-state index < -0.39 is 0 Å². The van der Waals surface area contributed by atoms with Gasteiger partial charge in [0, 0.05) is 16.0 Å². The summed E-state index contributed by atoms with van der Waals surface area (Å²) in [5.41, 5.74) is 1.44. The maximum atomic E-state index is 12.3. The summed E-state index contributed by atoms with van der Waals surface area (Å²) < 4.78 is 0. The lowest BCUT2D eigenvalue weighted by Gasteiger charge is -2.03. The normalized spacial score (nSPS) is 11.8. The Balaban J connectivity index is 2.98. The molecule has 0 aliphatic rings. The van der Waals surface area contributed by atoms with E-state index in [9.17, 15) is 4.79 Å². The molecule has 1 aromatic carbocycles. The van der Waals surface area contributed by atoms with Crippen molar-refractivity contribution in [1.29, 1.82) is 0 Å². The molecule has 0 unspecified atom stereocenters. The van der Waals surface area contributed by atoms with Crippen LogP contribution in [0, 0.1) is 0 Å². The third kappa shape index (κ3) is 4.04. The molecule has 0 atom stereocenters. The molecule has 1 nitrogen and oxygen atoms in total. The van der Waals surface area contributed by atoms with Gasteiger partial charge < -0.3 is 0 Å².